The fraction of sp³-hybridized carbons (Fsp3) is 0.250. The van der Waals surface area contributed by atoms with Crippen LogP contribution in [0.25, 0.3) is 0 Å². The molecule has 2 aromatic carbocycles. The standard InChI is InChI=1S/C16H20N2O2/c1-18(12-6-4-3-5-7-12)15(11-17)14-9-8-13(20-2)10-16(14)19/h3-10,15,19H,11,17H2,1-2H3. The van der Waals surface area contributed by atoms with Crippen molar-refractivity contribution in [2.45, 2.75) is 6.04 Å². The molecule has 0 fully saturated rings. The Morgan fingerprint density at radius 1 is 1.20 bits per heavy atom. The van der Waals surface area contributed by atoms with Crippen LogP contribution in [0.3, 0.4) is 0 Å². The molecular weight excluding hydrogens is 252 g/mol. The highest BCUT2D eigenvalue weighted by molar-refractivity contribution is 5.51. The molecular formula is C16H20N2O2. The maximum absolute atomic E-state index is 10.2. The molecule has 0 amide bonds. The summed E-state index contributed by atoms with van der Waals surface area (Å²) in [4.78, 5) is 2.06. The number of anilines is 1. The minimum Gasteiger partial charge on any atom is -0.507 e. The summed E-state index contributed by atoms with van der Waals surface area (Å²) in [5, 5.41) is 10.2. The number of rotatable bonds is 5. The second kappa shape index (κ2) is 6.30. The number of likely N-dealkylation sites (N-methyl/N-ethyl adjacent to an activating group) is 1. The SMILES string of the molecule is COc1ccc(C(CN)N(C)c2ccccc2)c(O)c1. The predicted octanol–water partition coefficient (Wildman–Crippen LogP) is 2.54. The Kier molecular flexibility index (Phi) is 4.48. The first kappa shape index (κ1) is 14.2. The topological polar surface area (TPSA) is 58.7 Å². The van der Waals surface area contributed by atoms with Gasteiger partial charge in [-0.25, -0.2) is 0 Å². The Balaban J connectivity index is 2.33. The van der Waals surface area contributed by atoms with E-state index in [-0.39, 0.29) is 11.8 Å². The molecule has 0 spiro atoms. The molecule has 0 aliphatic rings. The van der Waals surface area contributed by atoms with Crippen molar-refractivity contribution in [1.82, 2.24) is 0 Å². The average molecular weight is 272 g/mol. The van der Waals surface area contributed by atoms with Gasteiger partial charge in [-0.2, -0.15) is 0 Å². The van der Waals surface area contributed by atoms with E-state index >= 15 is 0 Å². The minimum absolute atomic E-state index is 0.0942. The summed E-state index contributed by atoms with van der Waals surface area (Å²) in [5.41, 5.74) is 7.74. The van der Waals surface area contributed by atoms with Crippen molar-refractivity contribution in [2.24, 2.45) is 5.73 Å². The molecule has 0 heterocycles. The third-order valence-electron chi connectivity index (χ3n) is 3.45. The Morgan fingerprint density at radius 2 is 1.90 bits per heavy atom. The molecule has 0 radical (unpaired) electrons. The number of nitrogens with zero attached hydrogens (tertiary/aromatic N) is 1. The third-order valence-corrected chi connectivity index (χ3v) is 3.45. The van der Waals surface area contributed by atoms with Crippen LogP contribution in [0.15, 0.2) is 48.5 Å². The lowest BCUT2D eigenvalue weighted by atomic mass is 10.0. The first-order valence-corrected chi connectivity index (χ1v) is 6.52. The van der Waals surface area contributed by atoms with Gasteiger partial charge in [0.15, 0.2) is 0 Å². The zero-order valence-electron chi connectivity index (χ0n) is 11.8. The summed E-state index contributed by atoms with van der Waals surface area (Å²) < 4.78 is 5.10. The smallest absolute Gasteiger partial charge is 0.124 e. The van der Waals surface area contributed by atoms with Gasteiger partial charge >= 0.3 is 0 Å². The quantitative estimate of drug-likeness (QED) is 0.878. The minimum atomic E-state index is -0.0942. The van der Waals surface area contributed by atoms with Gasteiger partial charge in [-0.15, -0.1) is 0 Å². The van der Waals surface area contributed by atoms with Gasteiger partial charge in [0.25, 0.3) is 0 Å². The largest absolute Gasteiger partial charge is 0.507 e. The molecule has 2 rings (SSSR count). The zero-order chi connectivity index (χ0) is 14.5. The summed E-state index contributed by atoms with van der Waals surface area (Å²) >= 11 is 0. The molecule has 0 saturated carbocycles. The van der Waals surface area contributed by atoms with E-state index in [9.17, 15) is 5.11 Å². The number of ether oxygens (including phenoxy) is 1. The molecule has 2 aromatic rings. The van der Waals surface area contributed by atoms with E-state index in [2.05, 4.69) is 4.90 Å². The fourth-order valence-corrected chi connectivity index (χ4v) is 2.27. The van der Waals surface area contributed by atoms with Crippen molar-refractivity contribution >= 4 is 5.69 Å². The summed E-state index contributed by atoms with van der Waals surface area (Å²) in [7, 11) is 3.54. The number of aromatic hydroxyl groups is 1. The number of phenols is 1. The summed E-state index contributed by atoms with van der Waals surface area (Å²) in [6.07, 6.45) is 0. The van der Waals surface area contributed by atoms with E-state index in [0.717, 1.165) is 11.3 Å². The van der Waals surface area contributed by atoms with Crippen molar-refractivity contribution in [3.8, 4) is 11.5 Å². The van der Waals surface area contributed by atoms with E-state index in [0.29, 0.717) is 12.3 Å². The van der Waals surface area contributed by atoms with Gasteiger partial charge in [0.1, 0.15) is 11.5 Å². The number of phenolic OH excluding ortho intramolecular Hbond substituents is 1. The number of nitrogens with two attached hydrogens (primary N) is 1. The van der Waals surface area contributed by atoms with Crippen molar-refractivity contribution in [3.63, 3.8) is 0 Å². The molecule has 0 bridgehead atoms. The van der Waals surface area contributed by atoms with E-state index in [1.54, 1.807) is 13.2 Å². The third kappa shape index (κ3) is 2.86. The highest BCUT2D eigenvalue weighted by atomic mass is 16.5. The summed E-state index contributed by atoms with van der Waals surface area (Å²) in [6.45, 7) is 0.408. The zero-order valence-corrected chi connectivity index (χ0v) is 11.8. The molecule has 4 nitrogen and oxygen atoms in total. The molecule has 1 atom stereocenters. The van der Waals surface area contributed by atoms with E-state index in [1.165, 1.54) is 0 Å². The summed E-state index contributed by atoms with van der Waals surface area (Å²) in [5.74, 6) is 0.826. The van der Waals surface area contributed by atoms with Gasteiger partial charge in [-0.1, -0.05) is 18.2 Å². The van der Waals surface area contributed by atoms with Crippen LogP contribution in [-0.4, -0.2) is 25.8 Å². The number of benzene rings is 2. The first-order valence-electron chi connectivity index (χ1n) is 6.52. The highest BCUT2D eigenvalue weighted by Gasteiger charge is 2.19. The van der Waals surface area contributed by atoms with Crippen LogP contribution in [0.5, 0.6) is 11.5 Å². The highest BCUT2D eigenvalue weighted by Crippen LogP contribution is 2.32. The van der Waals surface area contributed by atoms with Crippen molar-refractivity contribution in [1.29, 1.82) is 0 Å². The fourth-order valence-electron chi connectivity index (χ4n) is 2.27. The first-order chi connectivity index (χ1) is 9.67. The molecule has 0 aliphatic heterocycles. The van der Waals surface area contributed by atoms with Crippen molar-refractivity contribution < 1.29 is 9.84 Å². The molecule has 0 aliphatic carbocycles. The van der Waals surface area contributed by atoms with Gasteiger partial charge in [0.2, 0.25) is 0 Å². The van der Waals surface area contributed by atoms with Crippen LogP contribution in [0.2, 0.25) is 0 Å². The molecule has 20 heavy (non-hydrogen) atoms. The maximum Gasteiger partial charge on any atom is 0.124 e. The molecule has 0 saturated heterocycles. The number of methoxy groups -OCH3 is 1. The lowest BCUT2D eigenvalue weighted by molar-refractivity contribution is 0.405. The number of hydrogen-bond acceptors (Lipinski definition) is 4. The Hall–Kier alpha value is -2.20. The van der Waals surface area contributed by atoms with Crippen LogP contribution >= 0.6 is 0 Å². The van der Waals surface area contributed by atoms with Gasteiger partial charge < -0.3 is 20.5 Å². The lowest BCUT2D eigenvalue weighted by Gasteiger charge is -2.30. The summed E-state index contributed by atoms with van der Waals surface area (Å²) in [6, 6.07) is 15.2. The van der Waals surface area contributed by atoms with Crippen molar-refractivity contribution in [2.75, 3.05) is 25.6 Å². The second-order valence-electron chi connectivity index (χ2n) is 4.62. The van der Waals surface area contributed by atoms with Gasteiger partial charge in [-0.05, 0) is 24.3 Å². The van der Waals surface area contributed by atoms with Crippen LogP contribution in [-0.2, 0) is 0 Å². The molecule has 3 N–H and O–H groups in total. The maximum atomic E-state index is 10.2. The van der Waals surface area contributed by atoms with Gasteiger partial charge in [0.05, 0.1) is 13.2 Å². The number of para-hydroxylation sites is 1. The molecule has 0 aromatic heterocycles. The van der Waals surface area contributed by atoms with Crippen LogP contribution in [0, 0.1) is 0 Å². The van der Waals surface area contributed by atoms with Crippen LogP contribution in [0.1, 0.15) is 11.6 Å². The molecule has 106 valence electrons. The van der Waals surface area contributed by atoms with Crippen LogP contribution in [0.4, 0.5) is 5.69 Å². The Bertz CT molecular complexity index is 558. The Labute approximate surface area is 119 Å². The monoisotopic (exact) mass is 272 g/mol. The molecule has 1 unspecified atom stereocenters. The number of hydrogen-bond donors (Lipinski definition) is 2. The average Bonchev–Trinajstić information content (AvgIpc) is 2.50. The van der Waals surface area contributed by atoms with E-state index in [1.807, 2.05) is 49.5 Å². The lowest BCUT2D eigenvalue weighted by Crippen LogP contribution is -2.30. The van der Waals surface area contributed by atoms with Crippen LogP contribution < -0.4 is 15.4 Å². The van der Waals surface area contributed by atoms with Gasteiger partial charge in [-0.3, -0.25) is 0 Å². The molecule has 4 heteroatoms. The van der Waals surface area contributed by atoms with Crippen molar-refractivity contribution in [3.05, 3.63) is 54.1 Å². The van der Waals surface area contributed by atoms with Gasteiger partial charge in [0, 0.05) is 30.9 Å². The van der Waals surface area contributed by atoms with E-state index < -0.39 is 0 Å². The second-order valence-corrected chi connectivity index (χ2v) is 4.62. The normalized spacial score (nSPS) is 11.9. The predicted molar refractivity (Wildman–Crippen MR) is 81.3 cm³/mol. The Morgan fingerprint density at radius 3 is 2.45 bits per heavy atom. The van der Waals surface area contributed by atoms with E-state index in [4.69, 9.17) is 10.5 Å².